The number of carboxylic acids is 1. The number of hydrogen-bond acceptors (Lipinski definition) is 3. The molecule has 2 N–H and O–H groups in total. The molecule has 0 fully saturated rings. The first-order valence-electron chi connectivity index (χ1n) is 6.23. The van der Waals surface area contributed by atoms with Crippen LogP contribution in [0.5, 0.6) is 0 Å². The SMILES string of the molecule is CC(=O)Nc1ccc(C(=O)O)cc1C(=O)c1ccccc1. The number of carbonyl (C=O) groups excluding carboxylic acids is 2. The predicted molar refractivity (Wildman–Crippen MR) is 77.6 cm³/mol. The second-order valence-electron chi connectivity index (χ2n) is 4.44. The first kappa shape index (κ1) is 14.5. The summed E-state index contributed by atoms with van der Waals surface area (Å²) in [5, 5.41) is 11.6. The minimum Gasteiger partial charge on any atom is -0.478 e. The number of anilines is 1. The van der Waals surface area contributed by atoms with Crippen molar-refractivity contribution in [1.29, 1.82) is 0 Å². The van der Waals surface area contributed by atoms with Gasteiger partial charge in [0.25, 0.3) is 0 Å². The summed E-state index contributed by atoms with van der Waals surface area (Å²) in [7, 11) is 0. The maximum Gasteiger partial charge on any atom is 0.335 e. The van der Waals surface area contributed by atoms with Crippen molar-refractivity contribution < 1.29 is 19.5 Å². The Labute approximate surface area is 121 Å². The van der Waals surface area contributed by atoms with Gasteiger partial charge < -0.3 is 10.4 Å². The number of nitrogens with one attached hydrogen (secondary N) is 1. The summed E-state index contributed by atoms with van der Waals surface area (Å²) >= 11 is 0. The third-order valence-electron chi connectivity index (χ3n) is 2.86. The van der Waals surface area contributed by atoms with E-state index in [1.54, 1.807) is 30.3 Å². The van der Waals surface area contributed by atoms with Gasteiger partial charge in [0.1, 0.15) is 0 Å². The molecular formula is C16H13NO4. The second kappa shape index (κ2) is 6.00. The van der Waals surface area contributed by atoms with Gasteiger partial charge in [0, 0.05) is 18.1 Å². The number of aromatic carboxylic acids is 1. The van der Waals surface area contributed by atoms with E-state index < -0.39 is 5.97 Å². The van der Waals surface area contributed by atoms with Crippen LogP contribution < -0.4 is 5.32 Å². The summed E-state index contributed by atoms with van der Waals surface area (Å²) < 4.78 is 0. The molecule has 2 aromatic rings. The monoisotopic (exact) mass is 283 g/mol. The molecule has 2 aromatic carbocycles. The number of benzene rings is 2. The van der Waals surface area contributed by atoms with Crippen LogP contribution in [0.25, 0.3) is 0 Å². The van der Waals surface area contributed by atoms with E-state index in [0.717, 1.165) is 0 Å². The number of rotatable bonds is 4. The van der Waals surface area contributed by atoms with Gasteiger partial charge in [-0.2, -0.15) is 0 Å². The highest BCUT2D eigenvalue weighted by Crippen LogP contribution is 2.21. The summed E-state index contributed by atoms with van der Waals surface area (Å²) in [6.45, 7) is 1.32. The molecule has 0 aliphatic heterocycles. The van der Waals surface area contributed by atoms with Gasteiger partial charge in [0.05, 0.1) is 11.3 Å². The number of ketones is 1. The fourth-order valence-electron chi connectivity index (χ4n) is 1.91. The molecule has 0 aliphatic carbocycles. The van der Waals surface area contributed by atoms with Crippen molar-refractivity contribution in [3.63, 3.8) is 0 Å². The molecule has 0 spiro atoms. The molecule has 0 saturated carbocycles. The molecule has 1 amide bonds. The van der Waals surface area contributed by atoms with Gasteiger partial charge in [0.2, 0.25) is 5.91 Å². The quantitative estimate of drug-likeness (QED) is 0.845. The molecule has 0 heterocycles. The molecule has 0 bridgehead atoms. The summed E-state index contributed by atoms with van der Waals surface area (Å²) in [5.41, 5.74) is 0.854. The van der Waals surface area contributed by atoms with E-state index in [9.17, 15) is 14.4 Å². The minimum absolute atomic E-state index is 0.0108. The highest BCUT2D eigenvalue weighted by atomic mass is 16.4. The van der Waals surface area contributed by atoms with E-state index in [1.807, 2.05) is 0 Å². The topological polar surface area (TPSA) is 83.5 Å². The molecule has 5 heteroatoms. The summed E-state index contributed by atoms with van der Waals surface area (Å²) in [6, 6.07) is 12.5. The van der Waals surface area contributed by atoms with Crippen LogP contribution in [-0.2, 0) is 4.79 Å². The lowest BCUT2D eigenvalue weighted by molar-refractivity contribution is -0.114. The van der Waals surface area contributed by atoms with Gasteiger partial charge in [-0.3, -0.25) is 9.59 Å². The van der Waals surface area contributed by atoms with Crippen LogP contribution in [0.1, 0.15) is 33.2 Å². The molecule has 0 unspecified atom stereocenters. The minimum atomic E-state index is -1.13. The molecule has 0 radical (unpaired) electrons. The van der Waals surface area contributed by atoms with Crippen molar-refractivity contribution in [3.8, 4) is 0 Å². The van der Waals surface area contributed by atoms with Crippen molar-refractivity contribution in [2.45, 2.75) is 6.92 Å². The molecule has 0 saturated heterocycles. The Morgan fingerprint density at radius 3 is 2.19 bits per heavy atom. The van der Waals surface area contributed by atoms with Crippen LogP contribution in [0.15, 0.2) is 48.5 Å². The average Bonchev–Trinajstić information content (AvgIpc) is 2.47. The first-order chi connectivity index (χ1) is 9.99. The van der Waals surface area contributed by atoms with E-state index in [-0.39, 0.29) is 22.8 Å². The standard InChI is InChI=1S/C16H13NO4/c1-10(18)17-14-8-7-12(16(20)21)9-13(14)15(19)11-5-3-2-4-6-11/h2-9H,1H3,(H,17,18)(H,20,21). The van der Waals surface area contributed by atoms with Gasteiger partial charge >= 0.3 is 5.97 Å². The molecule has 0 aliphatic rings. The van der Waals surface area contributed by atoms with Crippen LogP contribution in [0.4, 0.5) is 5.69 Å². The highest BCUT2D eigenvalue weighted by molar-refractivity contribution is 6.14. The van der Waals surface area contributed by atoms with Crippen LogP contribution in [0.3, 0.4) is 0 Å². The van der Waals surface area contributed by atoms with E-state index in [4.69, 9.17) is 5.11 Å². The van der Waals surface area contributed by atoms with Crippen LogP contribution in [0, 0.1) is 0 Å². The third-order valence-corrected chi connectivity index (χ3v) is 2.86. The van der Waals surface area contributed by atoms with Crippen molar-refractivity contribution in [3.05, 3.63) is 65.2 Å². The maximum absolute atomic E-state index is 12.5. The number of carboxylic acid groups (broad SMARTS) is 1. The van der Waals surface area contributed by atoms with Crippen molar-refractivity contribution in [2.24, 2.45) is 0 Å². The zero-order valence-electron chi connectivity index (χ0n) is 11.3. The van der Waals surface area contributed by atoms with E-state index in [1.165, 1.54) is 25.1 Å². The number of hydrogen-bond donors (Lipinski definition) is 2. The fourth-order valence-corrected chi connectivity index (χ4v) is 1.91. The lowest BCUT2D eigenvalue weighted by Crippen LogP contribution is -2.13. The predicted octanol–water partition coefficient (Wildman–Crippen LogP) is 2.57. The molecule has 0 atom stereocenters. The Balaban J connectivity index is 2.52. The van der Waals surface area contributed by atoms with E-state index in [2.05, 4.69) is 5.32 Å². The fraction of sp³-hybridized carbons (Fsp3) is 0.0625. The Morgan fingerprint density at radius 2 is 1.62 bits per heavy atom. The Hall–Kier alpha value is -2.95. The maximum atomic E-state index is 12.5. The molecular weight excluding hydrogens is 270 g/mol. The lowest BCUT2D eigenvalue weighted by atomic mass is 9.99. The molecule has 5 nitrogen and oxygen atoms in total. The summed E-state index contributed by atoms with van der Waals surface area (Å²) in [4.78, 5) is 34.7. The van der Waals surface area contributed by atoms with Gasteiger partial charge in [-0.15, -0.1) is 0 Å². The summed E-state index contributed by atoms with van der Waals surface area (Å²) in [5.74, 6) is -1.81. The average molecular weight is 283 g/mol. The Kier molecular flexibility index (Phi) is 4.13. The summed E-state index contributed by atoms with van der Waals surface area (Å²) in [6.07, 6.45) is 0. The highest BCUT2D eigenvalue weighted by Gasteiger charge is 2.17. The molecule has 21 heavy (non-hydrogen) atoms. The first-order valence-corrected chi connectivity index (χ1v) is 6.23. The number of carbonyl (C=O) groups is 3. The zero-order chi connectivity index (χ0) is 15.4. The van der Waals surface area contributed by atoms with Gasteiger partial charge in [-0.25, -0.2) is 4.79 Å². The smallest absolute Gasteiger partial charge is 0.335 e. The van der Waals surface area contributed by atoms with E-state index >= 15 is 0 Å². The second-order valence-corrected chi connectivity index (χ2v) is 4.44. The Bertz CT molecular complexity index is 707. The largest absolute Gasteiger partial charge is 0.478 e. The van der Waals surface area contributed by atoms with Crippen LogP contribution >= 0.6 is 0 Å². The molecule has 2 rings (SSSR count). The van der Waals surface area contributed by atoms with Crippen molar-refractivity contribution in [1.82, 2.24) is 0 Å². The number of amides is 1. The van der Waals surface area contributed by atoms with Gasteiger partial charge in [0.15, 0.2) is 5.78 Å². The van der Waals surface area contributed by atoms with Crippen molar-refractivity contribution >= 4 is 23.3 Å². The van der Waals surface area contributed by atoms with Crippen LogP contribution in [-0.4, -0.2) is 22.8 Å². The lowest BCUT2D eigenvalue weighted by Gasteiger charge is -2.10. The normalized spacial score (nSPS) is 9.95. The van der Waals surface area contributed by atoms with Crippen LogP contribution in [0.2, 0.25) is 0 Å². The van der Waals surface area contributed by atoms with Crippen molar-refractivity contribution in [2.75, 3.05) is 5.32 Å². The third kappa shape index (κ3) is 3.33. The molecule has 0 aromatic heterocycles. The zero-order valence-corrected chi connectivity index (χ0v) is 11.3. The molecule has 106 valence electrons. The Morgan fingerprint density at radius 1 is 0.952 bits per heavy atom. The van der Waals surface area contributed by atoms with Gasteiger partial charge in [-0.05, 0) is 18.2 Å². The van der Waals surface area contributed by atoms with Gasteiger partial charge in [-0.1, -0.05) is 30.3 Å². The van der Waals surface area contributed by atoms with E-state index in [0.29, 0.717) is 11.3 Å².